The van der Waals surface area contributed by atoms with Gasteiger partial charge < -0.3 is 24.3 Å². The van der Waals surface area contributed by atoms with E-state index < -0.39 is 29.2 Å². The minimum Gasteiger partial charge on any atom is -0.755 e. The van der Waals surface area contributed by atoms with Crippen LogP contribution in [0.3, 0.4) is 0 Å². The molecule has 2 N–H and O–H groups in total. The minimum absolute atomic E-state index is 0.143. The first-order valence-corrected chi connectivity index (χ1v) is 13.8. The zero-order valence-electron chi connectivity index (χ0n) is 23.2. The number of amides is 2. The summed E-state index contributed by atoms with van der Waals surface area (Å²) in [7, 11) is 1.22. The number of ether oxygens (including phenoxy) is 1. The summed E-state index contributed by atoms with van der Waals surface area (Å²) < 4.78 is 35.7. The fraction of sp³-hybridized carbons (Fsp3) is 0.233. The molecule has 0 saturated heterocycles. The molecule has 214 valence electrons. The van der Waals surface area contributed by atoms with E-state index in [1.807, 2.05) is 12.1 Å². The Balaban J connectivity index is 1.52. The molecule has 4 rings (SSSR count). The van der Waals surface area contributed by atoms with Crippen LogP contribution < -0.4 is 14.9 Å². The number of esters is 1. The Hall–Kier alpha value is -4.48. The molecule has 4 aromatic rings. The standard InChI is InChI=1S/C30H31N3O7S/c1-17(2)27(30(36)39-5)33(41(37)38)23-15-11-21(12-16-23)20-9-13-22(14-10-20)32-29(35)28-18(3)26-24(31-19(4)34)7-6-8-25(26)40-28/h6-17,27H,1-5H3,(H,31,34)(H,32,35)(H,37,38)/p-1. The number of hydrogen-bond acceptors (Lipinski definition) is 7. The Bertz CT molecular complexity index is 1610. The predicted octanol–water partition coefficient (Wildman–Crippen LogP) is 5.42. The number of nitrogens with one attached hydrogen (secondary N) is 2. The van der Waals surface area contributed by atoms with Crippen molar-refractivity contribution in [2.75, 3.05) is 22.0 Å². The fourth-order valence-electron chi connectivity index (χ4n) is 4.65. The van der Waals surface area contributed by atoms with Gasteiger partial charge in [-0.25, -0.2) is 4.79 Å². The Morgan fingerprint density at radius 2 is 1.56 bits per heavy atom. The molecule has 2 amide bonds. The average molecular weight is 577 g/mol. The maximum Gasteiger partial charge on any atom is 0.329 e. The van der Waals surface area contributed by atoms with Crippen LogP contribution in [0.1, 0.15) is 36.9 Å². The maximum absolute atomic E-state index is 13.0. The van der Waals surface area contributed by atoms with Crippen LogP contribution in [0.4, 0.5) is 17.1 Å². The number of methoxy groups -OCH3 is 1. The highest BCUT2D eigenvalue weighted by Crippen LogP contribution is 2.33. The van der Waals surface area contributed by atoms with Crippen LogP contribution in [0.25, 0.3) is 22.1 Å². The molecule has 2 unspecified atom stereocenters. The van der Waals surface area contributed by atoms with Crippen molar-refractivity contribution in [1.82, 2.24) is 0 Å². The number of hydrogen-bond donors (Lipinski definition) is 2. The third-order valence-electron chi connectivity index (χ3n) is 6.56. The zero-order valence-corrected chi connectivity index (χ0v) is 24.0. The lowest BCUT2D eigenvalue weighted by molar-refractivity contribution is -0.143. The van der Waals surface area contributed by atoms with E-state index in [-0.39, 0.29) is 17.6 Å². The number of aryl methyl sites for hydroxylation is 1. The van der Waals surface area contributed by atoms with Crippen LogP contribution in [0.2, 0.25) is 0 Å². The number of carbonyl (C=O) groups excluding carboxylic acids is 3. The quantitative estimate of drug-likeness (QED) is 0.200. The van der Waals surface area contributed by atoms with Gasteiger partial charge in [0.05, 0.1) is 12.8 Å². The lowest BCUT2D eigenvalue weighted by atomic mass is 10.0. The number of fused-ring (bicyclic) bond motifs is 1. The number of rotatable bonds is 9. The predicted molar refractivity (Wildman–Crippen MR) is 157 cm³/mol. The van der Waals surface area contributed by atoms with E-state index in [0.717, 1.165) is 15.4 Å². The van der Waals surface area contributed by atoms with E-state index in [1.165, 1.54) is 14.0 Å². The molecule has 0 aliphatic heterocycles. The van der Waals surface area contributed by atoms with Gasteiger partial charge in [0.1, 0.15) is 11.6 Å². The van der Waals surface area contributed by atoms with Gasteiger partial charge in [0.25, 0.3) is 5.91 Å². The lowest BCUT2D eigenvalue weighted by Crippen LogP contribution is -2.46. The maximum atomic E-state index is 13.0. The molecule has 1 heterocycles. The molecule has 10 nitrogen and oxygen atoms in total. The number of benzene rings is 3. The van der Waals surface area contributed by atoms with Gasteiger partial charge in [-0.15, -0.1) is 0 Å². The third-order valence-corrected chi connectivity index (χ3v) is 7.32. The number of furan rings is 1. The average Bonchev–Trinajstić information content (AvgIpc) is 3.28. The van der Waals surface area contributed by atoms with Crippen LogP contribution in [0.15, 0.2) is 71.1 Å². The first-order valence-electron chi connectivity index (χ1n) is 12.8. The highest BCUT2D eigenvalue weighted by Gasteiger charge is 2.31. The second-order valence-corrected chi connectivity index (χ2v) is 10.6. The Morgan fingerprint density at radius 3 is 2.10 bits per heavy atom. The van der Waals surface area contributed by atoms with Gasteiger partial charge in [-0.05, 0) is 60.4 Å². The summed E-state index contributed by atoms with van der Waals surface area (Å²) in [5.41, 5.74) is 4.18. The second kappa shape index (κ2) is 12.4. The second-order valence-electron chi connectivity index (χ2n) is 9.75. The normalized spacial score (nSPS) is 12.6. The van der Waals surface area contributed by atoms with Crippen LogP contribution in [0, 0.1) is 12.8 Å². The highest BCUT2D eigenvalue weighted by molar-refractivity contribution is 7.80. The topological polar surface area (TPSA) is 141 Å². The van der Waals surface area contributed by atoms with E-state index in [2.05, 4.69) is 10.6 Å². The van der Waals surface area contributed by atoms with Crippen LogP contribution >= 0.6 is 0 Å². The molecule has 0 bridgehead atoms. The molecule has 0 fully saturated rings. The smallest absolute Gasteiger partial charge is 0.329 e. The fourth-order valence-corrected chi connectivity index (χ4v) is 5.46. The van der Waals surface area contributed by atoms with Crippen molar-refractivity contribution in [1.29, 1.82) is 0 Å². The van der Waals surface area contributed by atoms with Crippen LogP contribution in [0.5, 0.6) is 0 Å². The van der Waals surface area contributed by atoms with E-state index in [1.54, 1.807) is 75.4 Å². The van der Waals surface area contributed by atoms with Crippen molar-refractivity contribution in [2.45, 2.75) is 33.7 Å². The summed E-state index contributed by atoms with van der Waals surface area (Å²) in [5.74, 6) is -1.47. The van der Waals surface area contributed by atoms with Gasteiger partial charge in [0.2, 0.25) is 5.91 Å². The van der Waals surface area contributed by atoms with E-state index in [9.17, 15) is 23.1 Å². The molecule has 0 spiro atoms. The molecule has 41 heavy (non-hydrogen) atoms. The van der Waals surface area contributed by atoms with E-state index in [4.69, 9.17) is 9.15 Å². The van der Waals surface area contributed by atoms with Crippen molar-refractivity contribution in [2.24, 2.45) is 5.92 Å². The first-order chi connectivity index (χ1) is 19.5. The molecule has 3 aromatic carbocycles. The third kappa shape index (κ3) is 6.31. The number of anilines is 3. The molecule has 0 aliphatic carbocycles. The Kier molecular flexibility index (Phi) is 8.89. The lowest BCUT2D eigenvalue weighted by Gasteiger charge is -2.35. The summed E-state index contributed by atoms with van der Waals surface area (Å²) in [4.78, 5) is 36.9. The molecule has 11 heteroatoms. The molecule has 0 radical (unpaired) electrons. The van der Waals surface area contributed by atoms with Crippen molar-refractivity contribution >= 4 is 57.1 Å². The van der Waals surface area contributed by atoms with Gasteiger partial charge in [0.15, 0.2) is 5.76 Å². The molecule has 0 aliphatic rings. The van der Waals surface area contributed by atoms with Crippen molar-refractivity contribution in [3.05, 3.63) is 78.1 Å². The summed E-state index contributed by atoms with van der Waals surface area (Å²) >= 11 is -2.70. The van der Waals surface area contributed by atoms with Crippen LogP contribution in [-0.2, 0) is 25.6 Å². The minimum atomic E-state index is -2.70. The monoisotopic (exact) mass is 576 g/mol. The van der Waals surface area contributed by atoms with Crippen LogP contribution in [-0.4, -0.2) is 39.7 Å². The number of carbonyl (C=O) groups is 3. The summed E-state index contributed by atoms with van der Waals surface area (Å²) in [6.07, 6.45) is 0. The van der Waals surface area contributed by atoms with E-state index >= 15 is 0 Å². The van der Waals surface area contributed by atoms with Gasteiger partial charge >= 0.3 is 5.97 Å². The molecule has 0 saturated carbocycles. The summed E-state index contributed by atoms with van der Waals surface area (Å²) in [6.45, 7) is 6.66. The van der Waals surface area contributed by atoms with Crippen molar-refractivity contribution in [3.8, 4) is 11.1 Å². The molecular weight excluding hydrogens is 546 g/mol. The largest absolute Gasteiger partial charge is 0.755 e. The summed E-state index contributed by atoms with van der Waals surface area (Å²) in [5, 5.41) is 6.26. The van der Waals surface area contributed by atoms with Crippen molar-refractivity contribution in [3.63, 3.8) is 0 Å². The highest BCUT2D eigenvalue weighted by atomic mass is 32.2. The SMILES string of the molecule is COC(=O)C(C(C)C)N(c1ccc(-c2ccc(NC(=O)c3oc4cccc(NC(C)=O)c4c3C)cc2)cc1)S(=O)[O-]. The Labute approximate surface area is 240 Å². The molecular formula is C30H30N3O7S-. The van der Waals surface area contributed by atoms with Gasteiger partial charge in [0, 0.05) is 40.5 Å². The Morgan fingerprint density at radius 1 is 0.951 bits per heavy atom. The van der Waals surface area contributed by atoms with E-state index in [0.29, 0.717) is 33.6 Å². The summed E-state index contributed by atoms with van der Waals surface area (Å²) in [6, 6.07) is 18.1. The van der Waals surface area contributed by atoms with Crippen molar-refractivity contribution < 1.29 is 32.3 Å². The molecule has 2 atom stereocenters. The van der Waals surface area contributed by atoms with Gasteiger partial charge in [-0.3, -0.25) is 18.1 Å². The van der Waals surface area contributed by atoms with Gasteiger partial charge in [-0.2, -0.15) is 0 Å². The van der Waals surface area contributed by atoms with Gasteiger partial charge in [-0.1, -0.05) is 44.2 Å². The molecule has 1 aromatic heterocycles. The zero-order chi connectivity index (χ0) is 29.8. The number of nitrogens with zero attached hydrogens (tertiary/aromatic N) is 1. The first kappa shape index (κ1) is 29.5.